The van der Waals surface area contributed by atoms with Gasteiger partial charge in [0.2, 0.25) is 0 Å². The Hall–Kier alpha value is -2.75. The number of methoxy groups -OCH3 is 2. The molecular weight excluding hydrogens is 517 g/mol. The first-order valence-electron chi connectivity index (χ1n) is 10.5. The second kappa shape index (κ2) is 13.6. The van der Waals surface area contributed by atoms with Gasteiger partial charge in [0.25, 0.3) is 0 Å². The number of rotatable bonds is 10. The van der Waals surface area contributed by atoms with Crippen LogP contribution < -0.4 is 20.1 Å². The molecule has 1 heterocycles. The van der Waals surface area contributed by atoms with Gasteiger partial charge in [-0.15, -0.1) is 24.0 Å². The third-order valence-electron chi connectivity index (χ3n) is 4.88. The lowest BCUT2D eigenvalue weighted by Crippen LogP contribution is -2.30. The molecule has 0 aliphatic heterocycles. The van der Waals surface area contributed by atoms with Crippen LogP contribution in [0, 0.1) is 0 Å². The van der Waals surface area contributed by atoms with E-state index in [0.29, 0.717) is 24.0 Å². The Labute approximate surface area is 207 Å². The second-order valence-corrected chi connectivity index (χ2v) is 7.02. The summed E-state index contributed by atoms with van der Waals surface area (Å²) in [6, 6.07) is 16.2. The van der Waals surface area contributed by atoms with Gasteiger partial charge in [-0.3, -0.25) is 0 Å². The molecule has 0 saturated heterocycles. The predicted octanol–water partition coefficient (Wildman–Crippen LogP) is 4.73. The number of aliphatic imine (C=N–C) groups is 1. The predicted molar refractivity (Wildman–Crippen MR) is 140 cm³/mol. The SMILES string of the molecule is CCNC(=NCc1nccn1CCCc1ccccc1)Nc1ccc(OC)c(OC)c1.I. The van der Waals surface area contributed by atoms with Crippen molar-refractivity contribution in [3.63, 3.8) is 0 Å². The number of imidazole rings is 1. The van der Waals surface area contributed by atoms with Crippen LogP contribution in [0.4, 0.5) is 5.69 Å². The Bertz CT molecular complexity index is 976. The monoisotopic (exact) mass is 549 g/mol. The van der Waals surface area contributed by atoms with Crippen LogP contribution in [0.3, 0.4) is 0 Å². The van der Waals surface area contributed by atoms with E-state index in [0.717, 1.165) is 37.4 Å². The van der Waals surface area contributed by atoms with E-state index in [1.165, 1.54) is 5.56 Å². The van der Waals surface area contributed by atoms with E-state index in [4.69, 9.17) is 14.5 Å². The van der Waals surface area contributed by atoms with Gasteiger partial charge in [-0.05, 0) is 37.5 Å². The fourth-order valence-corrected chi connectivity index (χ4v) is 3.30. The molecule has 0 unspecified atom stereocenters. The molecule has 0 bridgehead atoms. The van der Waals surface area contributed by atoms with Gasteiger partial charge in [-0.25, -0.2) is 9.98 Å². The number of hydrogen-bond acceptors (Lipinski definition) is 4. The van der Waals surface area contributed by atoms with Crippen LogP contribution in [0.25, 0.3) is 0 Å². The van der Waals surface area contributed by atoms with E-state index in [1.54, 1.807) is 14.2 Å². The van der Waals surface area contributed by atoms with Crippen LogP contribution >= 0.6 is 24.0 Å². The van der Waals surface area contributed by atoms with Crippen molar-refractivity contribution in [3.05, 3.63) is 72.3 Å². The zero-order valence-electron chi connectivity index (χ0n) is 18.9. The summed E-state index contributed by atoms with van der Waals surface area (Å²) < 4.78 is 12.9. The summed E-state index contributed by atoms with van der Waals surface area (Å²) >= 11 is 0. The fourth-order valence-electron chi connectivity index (χ4n) is 3.30. The normalized spacial score (nSPS) is 10.9. The topological polar surface area (TPSA) is 72.7 Å². The van der Waals surface area contributed by atoms with Crippen molar-refractivity contribution in [1.29, 1.82) is 0 Å². The first-order valence-corrected chi connectivity index (χ1v) is 10.5. The van der Waals surface area contributed by atoms with Crippen LogP contribution in [0.15, 0.2) is 65.9 Å². The molecule has 0 saturated carbocycles. The highest BCUT2D eigenvalue weighted by atomic mass is 127. The number of nitrogens with zero attached hydrogens (tertiary/aromatic N) is 3. The van der Waals surface area contributed by atoms with E-state index in [1.807, 2.05) is 43.6 Å². The molecule has 0 aliphatic rings. The lowest BCUT2D eigenvalue weighted by atomic mass is 10.1. The third-order valence-corrected chi connectivity index (χ3v) is 4.88. The molecule has 2 aromatic carbocycles. The Morgan fingerprint density at radius 2 is 1.84 bits per heavy atom. The van der Waals surface area contributed by atoms with Crippen molar-refractivity contribution in [2.75, 3.05) is 26.1 Å². The smallest absolute Gasteiger partial charge is 0.196 e. The number of hydrogen-bond donors (Lipinski definition) is 2. The third kappa shape index (κ3) is 7.44. The maximum Gasteiger partial charge on any atom is 0.196 e. The number of anilines is 1. The largest absolute Gasteiger partial charge is 0.493 e. The van der Waals surface area contributed by atoms with Crippen LogP contribution in [0.5, 0.6) is 11.5 Å². The average Bonchev–Trinajstić information content (AvgIpc) is 3.25. The van der Waals surface area contributed by atoms with E-state index < -0.39 is 0 Å². The number of aryl methyl sites for hydroxylation is 2. The molecule has 172 valence electrons. The minimum atomic E-state index is 0. The lowest BCUT2D eigenvalue weighted by Gasteiger charge is -2.14. The van der Waals surface area contributed by atoms with Crippen LogP contribution in [0.1, 0.15) is 24.7 Å². The molecule has 0 aliphatic carbocycles. The van der Waals surface area contributed by atoms with Crippen molar-refractivity contribution in [3.8, 4) is 11.5 Å². The van der Waals surface area contributed by atoms with Crippen molar-refractivity contribution in [1.82, 2.24) is 14.9 Å². The second-order valence-electron chi connectivity index (χ2n) is 7.02. The molecule has 0 atom stereocenters. The molecular formula is C24H32IN5O2. The van der Waals surface area contributed by atoms with Gasteiger partial charge in [-0.1, -0.05) is 30.3 Å². The summed E-state index contributed by atoms with van der Waals surface area (Å²) in [6.07, 6.45) is 5.96. The van der Waals surface area contributed by atoms with Gasteiger partial charge in [0.15, 0.2) is 17.5 Å². The summed E-state index contributed by atoms with van der Waals surface area (Å²) in [7, 11) is 3.25. The minimum absolute atomic E-state index is 0. The van der Waals surface area contributed by atoms with E-state index >= 15 is 0 Å². The molecule has 7 nitrogen and oxygen atoms in total. The fraction of sp³-hybridized carbons (Fsp3) is 0.333. The number of halogens is 1. The summed E-state index contributed by atoms with van der Waals surface area (Å²) in [6.45, 7) is 4.20. The minimum Gasteiger partial charge on any atom is -0.493 e. The summed E-state index contributed by atoms with van der Waals surface area (Å²) in [5.41, 5.74) is 2.22. The van der Waals surface area contributed by atoms with Gasteiger partial charge < -0.3 is 24.7 Å². The van der Waals surface area contributed by atoms with E-state index in [-0.39, 0.29) is 24.0 Å². The zero-order valence-corrected chi connectivity index (χ0v) is 21.2. The Morgan fingerprint density at radius 3 is 2.56 bits per heavy atom. The van der Waals surface area contributed by atoms with Crippen LogP contribution in [-0.2, 0) is 19.5 Å². The molecule has 32 heavy (non-hydrogen) atoms. The molecule has 0 fully saturated rings. The van der Waals surface area contributed by atoms with Gasteiger partial charge in [0, 0.05) is 37.2 Å². The van der Waals surface area contributed by atoms with Crippen molar-refractivity contribution in [2.45, 2.75) is 32.9 Å². The summed E-state index contributed by atoms with van der Waals surface area (Å²) in [5, 5.41) is 6.59. The number of aromatic nitrogens is 2. The quantitative estimate of drug-likeness (QED) is 0.218. The molecule has 3 rings (SSSR count). The summed E-state index contributed by atoms with van der Waals surface area (Å²) in [5.74, 6) is 2.98. The maximum atomic E-state index is 5.38. The summed E-state index contributed by atoms with van der Waals surface area (Å²) in [4.78, 5) is 9.21. The highest BCUT2D eigenvalue weighted by Crippen LogP contribution is 2.29. The average molecular weight is 549 g/mol. The molecule has 2 N–H and O–H groups in total. The van der Waals surface area contributed by atoms with Gasteiger partial charge in [0.05, 0.1) is 14.2 Å². The van der Waals surface area contributed by atoms with Crippen LogP contribution in [-0.4, -0.2) is 36.3 Å². The Morgan fingerprint density at radius 1 is 1.06 bits per heavy atom. The van der Waals surface area contributed by atoms with E-state index in [9.17, 15) is 0 Å². The van der Waals surface area contributed by atoms with Crippen molar-refractivity contribution < 1.29 is 9.47 Å². The molecule has 0 amide bonds. The first kappa shape index (κ1) is 25.5. The molecule has 0 radical (unpaired) electrons. The zero-order chi connectivity index (χ0) is 21.9. The molecule has 3 aromatic rings. The number of nitrogens with one attached hydrogen (secondary N) is 2. The van der Waals surface area contributed by atoms with Gasteiger partial charge in [-0.2, -0.15) is 0 Å². The standard InChI is InChI=1S/C24H31N5O2.HI/c1-4-25-24(28-20-12-13-21(30-2)22(17-20)31-3)27-18-23-26-14-16-29(23)15-8-11-19-9-6-5-7-10-19;/h5-7,9-10,12-14,16-17H,4,8,11,15,18H2,1-3H3,(H2,25,27,28);1H. The number of guanidine groups is 1. The highest BCUT2D eigenvalue weighted by molar-refractivity contribution is 14.0. The molecule has 8 heteroatoms. The number of ether oxygens (including phenoxy) is 2. The van der Waals surface area contributed by atoms with Gasteiger partial charge in [0.1, 0.15) is 12.4 Å². The maximum absolute atomic E-state index is 5.38. The van der Waals surface area contributed by atoms with Gasteiger partial charge >= 0.3 is 0 Å². The number of benzene rings is 2. The molecule has 1 aromatic heterocycles. The highest BCUT2D eigenvalue weighted by Gasteiger charge is 2.07. The Kier molecular flexibility index (Phi) is 10.9. The molecule has 0 spiro atoms. The first-order chi connectivity index (χ1) is 15.2. The van der Waals surface area contributed by atoms with Crippen molar-refractivity contribution in [2.24, 2.45) is 4.99 Å². The van der Waals surface area contributed by atoms with Crippen molar-refractivity contribution >= 4 is 35.6 Å². The van der Waals surface area contributed by atoms with Crippen LogP contribution in [0.2, 0.25) is 0 Å². The lowest BCUT2D eigenvalue weighted by molar-refractivity contribution is 0.355. The Balaban J connectivity index is 0.00000363. The van der Waals surface area contributed by atoms with E-state index in [2.05, 4.69) is 44.5 Å².